The summed E-state index contributed by atoms with van der Waals surface area (Å²) >= 11 is 6.57. The molecule has 1 N–H and O–H groups in total. The van der Waals surface area contributed by atoms with Gasteiger partial charge in [-0.25, -0.2) is 4.98 Å². The van der Waals surface area contributed by atoms with Gasteiger partial charge in [-0.3, -0.25) is 4.79 Å². The van der Waals surface area contributed by atoms with Crippen molar-refractivity contribution in [3.05, 3.63) is 70.9 Å². The number of rotatable bonds is 2. The van der Waals surface area contributed by atoms with Crippen LogP contribution in [0, 0.1) is 0 Å². The van der Waals surface area contributed by atoms with Crippen LogP contribution in [-0.2, 0) is 4.79 Å². The zero-order chi connectivity index (χ0) is 18.4. The molecule has 1 saturated heterocycles. The minimum absolute atomic E-state index is 0.0166. The number of hydrogen-bond acceptors (Lipinski definition) is 3. The Bertz CT molecular complexity index is 1030. The topological polar surface area (TPSA) is 45.2 Å². The Hall–Kier alpha value is -2.59. The molecule has 1 fully saturated rings. The fourth-order valence-electron chi connectivity index (χ4n) is 4.37. The van der Waals surface area contributed by atoms with Crippen molar-refractivity contribution in [3.63, 3.8) is 0 Å². The Morgan fingerprint density at radius 2 is 1.89 bits per heavy atom. The molecule has 0 unspecified atom stereocenters. The quantitative estimate of drug-likeness (QED) is 0.631. The highest BCUT2D eigenvalue weighted by atomic mass is 35.5. The largest absolute Gasteiger partial charge is 0.378 e. The Balaban J connectivity index is 1.58. The van der Waals surface area contributed by atoms with Gasteiger partial charge in [0.05, 0.1) is 17.6 Å². The highest BCUT2D eigenvalue weighted by Crippen LogP contribution is 2.44. The Morgan fingerprint density at radius 3 is 2.74 bits per heavy atom. The SMILES string of the molecule is O=C1CCCN1[C@H]1C[C@H](c2cc3ccccc3nc2Cl)Nc2ccccc21. The molecule has 3 aromatic rings. The molecule has 0 bridgehead atoms. The Kier molecular flexibility index (Phi) is 4.01. The lowest BCUT2D eigenvalue weighted by Gasteiger charge is -2.38. The fourth-order valence-corrected chi connectivity index (χ4v) is 4.64. The highest BCUT2D eigenvalue weighted by molar-refractivity contribution is 6.30. The molecule has 0 saturated carbocycles. The fraction of sp³-hybridized carbons (Fsp3) is 0.273. The van der Waals surface area contributed by atoms with Crippen molar-refractivity contribution < 1.29 is 4.79 Å². The summed E-state index contributed by atoms with van der Waals surface area (Å²) in [7, 11) is 0. The van der Waals surface area contributed by atoms with Gasteiger partial charge in [-0.15, -0.1) is 0 Å². The van der Waals surface area contributed by atoms with Crippen molar-refractivity contribution in [2.45, 2.75) is 31.3 Å². The van der Waals surface area contributed by atoms with Crippen LogP contribution in [0.1, 0.15) is 42.5 Å². The van der Waals surface area contributed by atoms with Gasteiger partial charge in [0.1, 0.15) is 5.15 Å². The van der Waals surface area contributed by atoms with Crippen molar-refractivity contribution in [3.8, 4) is 0 Å². The third-order valence-electron chi connectivity index (χ3n) is 5.67. The first-order valence-corrected chi connectivity index (χ1v) is 9.78. The third kappa shape index (κ3) is 2.85. The Labute approximate surface area is 163 Å². The van der Waals surface area contributed by atoms with Crippen LogP contribution in [0.25, 0.3) is 10.9 Å². The van der Waals surface area contributed by atoms with Gasteiger partial charge in [0.2, 0.25) is 5.91 Å². The lowest BCUT2D eigenvalue weighted by Crippen LogP contribution is -2.35. The van der Waals surface area contributed by atoms with Crippen LogP contribution in [0.15, 0.2) is 54.6 Å². The van der Waals surface area contributed by atoms with E-state index in [1.165, 1.54) is 5.56 Å². The maximum Gasteiger partial charge on any atom is 0.223 e. The van der Waals surface area contributed by atoms with Crippen molar-refractivity contribution in [2.24, 2.45) is 0 Å². The molecule has 0 radical (unpaired) electrons. The number of benzene rings is 2. The minimum Gasteiger partial charge on any atom is -0.378 e. The number of carbonyl (C=O) groups excluding carboxylic acids is 1. The van der Waals surface area contributed by atoms with Gasteiger partial charge in [0.25, 0.3) is 0 Å². The summed E-state index contributed by atoms with van der Waals surface area (Å²) in [5.74, 6) is 0.248. The van der Waals surface area contributed by atoms with Gasteiger partial charge in [0.15, 0.2) is 0 Å². The first-order valence-electron chi connectivity index (χ1n) is 9.41. The van der Waals surface area contributed by atoms with Crippen LogP contribution >= 0.6 is 11.6 Å². The monoisotopic (exact) mass is 377 g/mol. The summed E-state index contributed by atoms with van der Waals surface area (Å²) in [5, 5.41) is 5.23. The van der Waals surface area contributed by atoms with Gasteiger partial charge in [-0.05, 0) is 36.6 Å². The molecule has 0 spiro atoms. The molecule has 4 nitrogen and oxygen atoms in total. The second kappa shape index (κ2) is 6.54. The molecule has 2 atom stereocenters. The standard InChI is InChI=1S/C22H20ClN3O/c23-22-16(12-14-6-1-3-8-17(14)25-22)19-13-20(26-11-5-10-21(26)27)15-7-2-4-9-18(15)24-19/h1-4,6-9,12,19-20,24H,5,10-11,13H2/t19-,20+/m1/s1. The van der Waals surface area contributed by atoms with E-state index in [0.717, 1.165) is 41.5 Å². The molecule has 5 heteroatoms. The molecular formula is C22H20ClN3O. The molecular weight excluding hydrogens is 358 g/mol. The van der Waals surface area contributed by atoms with Crippen molar-refractivity contribution in [1.82, 2.24) is 9.88 Å². The molecule has 2 aliphatic rings. The van der Waals surface area contributed by atoms with Crippen LogP contribution in [0.4, 0.5) is 5.69 Å². The molecule has 1 aromatic heterocycles. The average molecular weight is 378 g/mol. The van der Waals surface area contributed by atoms with Gasteiger partial charge in [-0.2, -0.15) is 0 Å². The molecule has 1 amide bonds. The number of para-hydroxylation sites is 2. The number of carbonyl (C=O) groups is 1. The van der Waals surface area contributed by atoms with E-state index in [4.69, 9.17) is 11.6 Å². The first kappa shape index (κ1) is 16.6. The maximum atomic E-state index is 12.4. The van der Waals surface area contributed by atoms with E-state index in [2.05, 4.69) is 34.6 Å². The average Bonchev–Trinajstić information content (AvgIpc) is 3.12. The highest BCUT2D eigenvalue weighted by Gasteiger charge is 2.36. The van der Waals surface area contributed by atoms with Gasteiger partial charge in [0, 0.05) is 29.6 Å². The number of pyridine rings is 1. The van der Waals surface area contributed by atoms with Gasteiger partial charge < -0.3 is 10.2 Å². The summed E-state index contributed by atoms with van der Waals surface area (Å²) in [6, 6.07) is 18.5. The second-order valence-electron chi connectivity index (χ2n) is 7.29. The van der Waals surface area contributed by atoms with Crippen LogP contribution < -0.4 is 5.32 Å². The number of aromatic nitrogens is 1. The maximum absolute atomic E-state index is 12.4. The van der Waals surface area contributed by atoms with E-state index in [9.17, 15) is 4.79 Å². The molecule has 136 valence electrons. The summed E-state index contributed by atoms with van der Waals surface area (Å²) in [4.78, 5) is 19.1. The third-order valence-corrected chi connectivity index (χ3v) is 5.98. The van der Waals surface area contributed by atoms with E-state index in [-0.39, 0.29) is 18.0 Å². The molecule has 2 aromatic carbocycles. The predicted octanol–water partition coefficient (Wildman–Crippen LogP) is 5.11. The number of likely N-dealkylation sites (tertiary alicyclic amines) is 1. The number of halogens is 1. The van der Waals surface area contributed by atoms with Crippen molar-refractivity contribution >= 4 is 34.1 Å². The normalized spacial score (nSPS) is 22.0. The molecule has 5 rings (SSSR count). The molecule has 0 aliphatic carbocycles. The van der Waals surface area contributed by atoms with Crippen molar-refractivity contribution in [2.75, 3.05) is 11.9 Å². The minimum atomic E-state index is 0.0166. The number of nitrogens with zero attached hydrogens (tertiary/aromatic N) is 2. The molecule has 2 aliphatic heterocycles. The summed E-state index contributed by atoms with van der Waals surface area (Å²) in [6.07, 6.45) is 2.38. The van der Waals surface area contributed by atoms with E-state index in [1.807, 2.05) is 35.2 Å². The number of fused-ring (bicyclic) bond motifs is 2. The van der Waals surface area contributed by atoms with E-state index < -0.39 is 0 Å². The first-order chi connectivity index (χ1) is 13.2. The van der Waals surface area contributed by atoms with Crippen LogP contribution in [0.2, 0.25) is 5.15 Å². The predicted molar refractivity (Wildman–Crippen MR) is 108 cm³/mol. The smallest absolute Gasteiger partial charge is 0.223 e. The summed E-state index contributed by atoms with van der Waals surface area (Å²) < 4.78 is 0. The number of hydrogen-bond donors (Lipinski definition) is 1. The summed E-state index contributed by atoms with van der Waals surface area (Å²) in [5.41, 5.74) is 4.15. The lowest BCUT2D eigenvalue weighted by atomic mass is 9.88. The van der Waals surface area contributed by atoms with E-state index in [0.29, 0.717) is 11.6 Å². The molecule has 27 heavy (non-hydrogen) atoms. The van der Waals surface area contributed by atoms with Crippen LogP contribution in [0.5, 0.6) is 0 Å². The van der Waals surface area contributed by atoms with E-state index >= 15 is 0 Å². The second-order valence-corrected chi connectivity index (χ2v) is 7.65. The zero-order valence-corrected chi connectivity index (χ0v) is 15.6. The van der Waals surface area contributed by atoms with Crippen LogP contribution in [0.3, 0.4) is 0 Å². The molecule has 3 heterocycles. The van der Waals surface area contributed by atoms with Gasteiger partial charge in [-0.1, -0.05) is 48.0 Å². The van der Waals surface area contributed by atoms with Gasteiger partial charge >= 0.3 is 0 Å². The van der Waals surface area contributed by atoms with Crippen LogP contribution in [-0.4, -0.2) is 22.3 Å². The van der Waals surface area contributed by atoms with Crippen molar-refractivity contribution in [1.29, 1.82) is 0 Å². The Morgan fingerprint density at radius 1 is 1.07 bits per heavy atom. The lowest BCUT2D eigenvalue weighted by molar-refractivity contribution is -0.130. The number of nitrogens with one attached hydrogen (secondary N) is 1. The number of anilines is 1. The summed E-state index contributed by atoms with van der Waals surface area (Å²) in [6.45, 7) is 0.828. The van der Waals surface area contributed by atoms with E-state index in [1.54, 1.807) is 0 Å². The zero-order valence-electron chi connectivity index (χ0n) is 14.9. The number of amides is 1.